The van der Waals surface area contributed by atoms with Gasteiger partial charge in [0, 0.05) is 25.2 Å². The van der Waals surface area contributed by atoms with Crippen molar-refractivity contribution in [3.05, 3.63) is 0 Å². The van der Waals surface area contributed by atoms with Crippen LogP contribution in [0.15, 0.2) is 0 Å². The largest absolute Gasteiger partial charge is 0.480 e. The van der Waals surface area contributed by atoms with Gasteiger partial charge in [-0.15, -0.1) is 0 Å². The lowest BCUT2D eigenvalue weighted by Crippen LogP contribution is -2.51. The molecule has 1 aliphatic heterocycles. The molecule has 0 aromatic rings. The van der Waals surface area contributed by atoms with E-state index in [4.69, 9.17) is 9.84 Å². The number of nitrogens with zero attached hydrogens (tertiary/aromatic N) is 2. The minimum atomic E-state index is -0.800. The number of carbonyl (C=O) groups excluding carboxylic acids is 1. The summed E-state index contributed by atoms with van der Waals surface area (Å²) in [5, 5.41) is 9.07. The van der Waals surface area contributed by atoms with E-state index in [0.29, 0.717) is 19.1 Å². The Bertz CT molecular complexity index is 415. The van der Waals surface area contributed by atoms with Crippen LogP contribution in [0.2, 0.25) is 0 Å². The number of carboxylic acid groups (broad SMARTS) is 1. The van der Waals surface area contributed by atoms with Gasteiger partial charge in [0.15, 0.2) is 0 Å². The van der Waals surface area contributed by atoms with Crippen LogP contribution in [0, 0.1) is 0 Å². The molecule has 1 saturated carbocycles. The Balaban J connectivity index is 1.99. The molecule has 126 valence electrons. The molecule has 0 bridgehead atoms. The van der Waals surface area contributed by atoms with Crippen molar-refractivity contribution in [2.24, 2.45) is 0 Å². The van der Waals surface area contributed by atoms with Gasteiger partial charge in [-0.3, -0.25) is 9.69 Å². The van der Waals surface area contributed by atoms with Crippen molar-refractivity contribution < 1.29 is 19.4 Å². The molecule has 22 heavy (non-hydrogen) atoms. The fourth-order valence-corrected chi connectivity index (χ4v) is 2.98. The maximum absolute atomic E-state index is 12.4. The average Bonchev–Trinajstić information content (AvgIpc) is 3.20. The van der Waals surface area contributed by atoms with Gasteiger partial charge in [0.05, 0.1) is 6.54 Å². The molecule has 1 atom stereocenters. The molecular weight excluding hydrogens is 284 g/mol. The summed E-state index contributed by atoms with van der Waals surface area (Å²) in [6.07, 6.45) is 4.83. The van der Waals surface area contributed by atoms with Crippen LogP contribution < -0.4 is 0 Å². The molecule has 1 aliphatic carbocycles. The van der Waals surface area contributed by atoms with E-state index in [9.17, 15) is 9.59 Å². The van der Waals surface area contributed by atoms with Crippen LogP contribution in [0.5, 0.6) is 0 Å². The standard InChI is InChI=1S/C16H28N2O4/c1-16(2,3)22-15(21)18-9-5-4-6-13(18)10-17(11-14(19)20)12-7-8-12/h12-13H,4-11H2,1-3H3,(H,19,20)/t13-/m1/s1. The van der Waals surface area contributed by atoms with Crippen LogP contribution in [-0.4, -0.2) is 64.3 Å². The third-order valence-electron chi connectivity index (χ3n) is 4.10. The Kier molecular flexibility index (Phi) is 5.32. The van der Waals surface area contributed by atoms with E-state index in [1.54, 1.807) is 4.90 Å². The third kappa shape index (κ3) is 5.16. The summed E-state index contributed by atoms with van der Waals surface area (Å²) in [5.41, 5.74) is -0.504. The van der Waals surface area contributed by atoms with E-state index in [1.165, 1.54) is 0 Å². The first-order valence-corrected chi connectivity index (χ1v) is 8.22. The fraction of sp³-hybridized carbons (Fsp3) is 0.875. The second-order valence-electron chi connectivity index (χ2n) is 7.38. The van der Waals surface area contributed by atoms with Gasteiger partial charge in [0.1, 0.15) is 5.60 Å². The topological polar surface area (TPSA) is 70.1 Å². The predicted octanol–water partition coefficient (Wildman–Crippen LogP) is 2.33. The molecule has 2 rings (SSSR count). The van der Waals surface area contributed by atoms with Crippen LogP contribution in [0.3, 0.4) is 0 Å². The molecular formula is C16H28N2O4. The summed E-state index contributed by atoms with van der Waals surface area (Å²) in [6, 6.07) is 0.432. The van der Waals surface area contributed by atoms with Crippen molar-refractivity contribution in [3.63, 3.8) is 0 Å². The summed E-state index contributed by atoms with van der Waals surface area (Å²) in [5.74, 6) is -0.800. The lowest BCUT2D eigenvalue weighted by Gasteiger charge is -2.39. The average molecular weight is 312 g/mol. The maximum atomic E-state index is 12.4. The number of likely N-dealkylation sites (tertiary alicyclic amines) is 1. The van der Waals surface area contributed by atoms with Crippen molar-refractivity contribution in [2.75, 3.05) is 19.6 Å². The zero-order valence-corrected chi connectivity index (χ0v) is 13.9. The van der Waals surface area contributed by atoms with Gasteiger partial charge < -0.3 is 14.7 Å². The Hall–Kier alpha value is -1.30. The smallest absolute Gasteiger partial charge is 0.410 e. The zero-order valence-electron chi connectivity index (χ0n) is 13.9. The molecule has 0 aromatic carbocycles. The fourth-order valence-electron chi connectivity index (χ4n) is 2.98. The van der Waals surface area contributed by atoms with E-state index in [-0.39, 0.29) is 18.7 Å². The van der Waals surface area contributed by atoms with Crippen molar-refractivity contribution in [1.82, 2.24) is 9.80 Å². The number of carbonyl (C=O) groups is 2. The molecule has 2 aliphatic rings. The molecule has 0 unspecified atom stereocenters. The second-order valence-corrected chi connectivity index (χ2v) is 7.38. The van der Waals surface area contributed by atoms with Gasteiger partial charge in [-0.05, 0) is 52.9 Å². The highest BCUT2D eigenvalue weighted by Crippen LogP contribution is 2.29. The van der Waals surface area contributed by atoms with E-state index in [0.717, 1.165) is 32.1 Å². The van der Waals surface area contributed by atoms with Crippen LogP contribution in [0.1, 0.15) is 52.9 Å². The number of aliphatic carboxylic acids is 1. The Labute approximate surface area is 132 Å². The highest BCUT2D eigenvalue weighted by atomic mass is 16.6. The predicted molar refractivity (Wildman–Crippen MR) is 82.8 cm³/mol. The lowest BCUT2D eigenvalue weighted by atomic mass is 10.0. The van der Waals surface area contributed by atoms with E-state index >= 15 is 0 Å². The summed E-state index contributed by atoms with van der Waals surface area (Å²) in [6.45, 7) is 6.99. The minimum Gasteiger partial charge on any atom is -0.480 e. The summed E-state index contributed by atoms with van der Waals surface area (Å²) >= 11 is 0. The van der Waals surface area contributed by atoms with Crippen molar-refractivity contribution >= 4 is 12.1 Å². The molecule has 0 radical (unpaired) electrons. The van der Waals surface area contributed by atoms with Gasteiger partial charge in [0.25, 0.3) is 0 Å². The van der Waals surface area contributed by atoms with Crippen molar-refractivity contribution in [3.8, 4) is 0 Å². The Morgan fingerprint density at radius 2 is 1.91 bits per heavy atom. The number of piperidine rings is 1. The molecule has 6 heteroatoms. The van der Waals surface area contributed by atoms with Gasteiger partial charge in [-0.25, -0.2) is 4.79 Å². The Morgan fingerprint density at radius 1 is 1.23 bits per heavy atom. The normalized spacial score (nSPS) is 22.7. The second kappa shape index (κ2) is 6.86. The summed E-state index contributed by atoms with van der Waals surface area (Å²) in [7, 11) is 0. The first-order chi connectivity index (χ1) is 10.3. The lowest BCUT2D eigenvalue weighted by molar-refractivity contribution is -0.138. The molecule has 0 aromatic heterocycles. The molecule has 1 amide bonds. The van der Waals surface area contributed by atoms with Crippen LogP contribution >= 0.6 is 0 Å². The highest BCUT2D eigenvalue weighted by Gasteiger charge is 2.36. The quantitative estimate of drug-likeness (QED) is 0.843. The van der Waals surface area contributed by atoms with E-state index in [2.05, 4.69) is 0 Å². The number of ether oxygens (including phenoxy) is 1. The molecule has 1 saturated heterocycles. The van der Waals surface area contributed by atoms with Crippen LogP contribution in [0.25, 0.3) is 0 Å². The first-order valence-electron chi connectivity index (χ1n) is 8.22. The van der Waals surface area contributed by atoms with Gasteiger partial charge in [-0.2, -0.15) is 0 Å². The van der Waals surface area contributed by atoms with Crippen LogP contribution in [0.4, 0.5) is 4.79 Å². The zero-order chi connectivity index (χ0) is 16.3. The number of hydrogen-bond acceptors (Lipinski definition) is 4. The minimum absolute atomic E-state index is 0.0588. The number of rotatable bonds is 5. The first kappa shape index (κ1) is 17.1. The van der Waals surface area contributed by atoms with Gasteiger partial charge >= 0.3 is 12.1 Å². The third-order valence-corrected chi connectivity index (χ3v) is 4.10. The molecule has 2 fully saturated rings. The molecule has 0 spiro atoms. The van der Waals surface area contributed by atoms with E-state index < -0.39 is 11.6 Å². The molecule has 1 N–H and O–H groups in total. The van der Waals surface area contributed by atoms with Gasteiger partial charge in [0.2, 0.25) is 0 Å². The SMILES string of the molecule is CC(C)(C)OC(=O)N1CCCC[C@@H]1CN(CC(=O)O)C1CC1. The highest BCUT2D eigenvalue weighted by molar-refractivity contribution is 5.69. The van der Waals surface area contributed by atoms with Crippen molar-refractivity contribution in [2.45, 2.75) is 70.6 Å². The monoisotopic (exact) mass is 312 g/mol. The van der Waals surface area contributed by atoms with Gasteiger partial charge in [-0.1, -0.05) is 0 Å². The van der Waals surface area contributed by atoms with E-state index in [1.807, 2.05) is 25.7 Å². The number of carboxylic acids is 1. The number of hydrogen-bond donors (Lipinski definition) is 1. The maximum Gasteiger partial charge on any atom is 0.410 e. The summed E-state index contributed by atoms with van der Waals surface area (Å²) in [4.78, 5) is 27.2. The van der Waals surface area contributed by atoms with Crippen molar-refractivity contribution in [1.29, 1.82) is 0 Å². The molecule has 1 heterocycles. The Morgan fingerprint density at radius 3 is 2.45 bits per heavy atom. The number of amides is 1. The summed E-state index contributed by atoms with van der Waals surface area (Å²) < 4.78 is 5.50. The van der Waals surface area contributed by atoms with Crippen LogP contribution in [-0.2, 0) is 9.53 Å². The molecule has 6 nitrogen and oxygen atoms in total.